The Balaban J connectivity index is 1.02. The molecule has 0 aliphatic rings. The third kappa shape index (κ3) is 5.04. The molecule has 0 fully saturated rings. The first-order valence-corrected chi connectivity index (χ1v) is 19.8. The molecule has 12 aromatic rings. The van der Waals surface area contributed by atoms with Crippen molar-refractivity contribution in [2.75, 3.05) is 0 Å². The number of benzene rings is 8. The summed E-state index contributed by atoms with van der Waals surface area (Å²) < 4.78 is 11.4. The number of aromatic nitrogens is 4. The van der Waals surface area contributed by atoms with Gasteiger partial charge in [-0.15, -0.1) is 11.3 Å². The van der Waals surface area contributed by atoms with Gasteiger partial charge < -0.3 is 8.98 Å². The van der Waals surface area contributed by atoms with E-state index in [0.717, 1.165) is 49.8 Å². The van der Waals surface area contributed by atoms with Gasteiger partial charge in [0.2, 0.25) is 0 Å². The largest absolute Gasteiger partial charge is 0.456 e. The Labute approximate surface area is 330 Å². The summed E-state index contributed by atoms with van der Waals surface area (Å²) in [4.78, 5) is 14.9. The Morgan fingerprint density at radius 2 is 1.00 bits per heavy atom. The van der Waals surface area contributed by atoms with Crippen molar-refractivity contribution in [1.82, 2.24) is 19.5 Å². The van der Waals surface area contributed by atoms with Crippen molar-refractivity contribution < 1.29 is 4.42 Å². The van der Waals surface area contributed by atoms with Gasteiger partial charge in [0.15, 0.2) is 17.5 Å². The van der Waals surface area contributed by atoms with Crippen LogP contribution in [0.3, 0.4) is 0 Å². The van der Waals surface area contributed by atoms with Crippen molar-refractivity contribution in [3.8, 4) is 51.0 Å². The molecule has 57 heavy (non-hydrogen) atoms. The minimum absolute atomic E-state index is 0.613. The number of thiophene rings is 1. The lowest BCUT2D eigenvalue weighted by Gasteiger charge is -2.09. The molecular weight excluding hydrogens is 717 g/mol. The molecule has 4 aromatic heterocycles. The molecule has 0 radical (unpaired) electrons. The van der Waals surface area contributed by atoms with Gasteiger partial charge in [-0.3, -0.25) is 0 Å². The topological polar surface area (TPSA) is 56.7 Å². The van der Waals surface area contributed by atoms with E-state index in [-0.39, 0.29) is 0 Å². The molecule has 0 aliphatic heterocycles. The van der Waals surface area contributed by atoms with Crippen molar-refractivity contribution in [3.63, 3.8) is 0 Å². The molecule has 0 N–H and O–H groups in total. The van der Waals surface area contributed by atoms with E-state index in [1.165, 1.54) is 47.7 Å². The van der Waals surface area contributed by atoms with E-state index in [9.17, 15) is 0 Å². The Morgan fingerprint density at radius 3 is 1.70 bits per heavy atom. The van der Waals surface area contributed by atoms with Gasteiger partial charge in [-0.1, -0.05) is 133 Å². The molecule has 5 nitrogen and oxygen atoms in total. The summed E-state index contributed by atoms with van der Waals surface area (Å²) in [5.74, 6) is 1.88. The molecular formula is C51H30N4OS. The highest BCUT2D eigenvalue weighted by molar-refractivity contribution is 7.26. The zero-order valence-electron chi connectivity index (χ0n) is 30.4. The van der Waals surface area contributed by atoms with Gasteiger partial charge in [-0.2, -0.15) is 0 Å². The van der Waals surface area contributed by atoms with Crippen molar-refractivity contribution in [3.05, 3.63) is 182 Å². The summed E-state index contributed by atoms with van der Waals surface area (Å²) in [5, 5.41) is 7.14. The summed E-state index contributed by atoms with van der Waals surface area (Å²) >= 11 is 1.86. The lowest BCUT2D eigenvalue weighted by atomic mass is 9.97. The highest BCUT2D eigenvalue weighted by Crippen LogP contribution is 2.44. The highest BCUT2D eigenvalue weighted by atomic mass is 32.1. The molecule has 0 spiro atoms. The fourth-order valence-electron chi connectivity index (χ4n) is 8.45. The average Bonchev–Trinajstić information content (AvgIpc) is 3.96. The van der Waals surface area contributed by atoms with Crippen LogP contribution >= 0.6 is 11.3 Å². The Bertz CT molecular complexity index is 3420. The van der Waals surface area contributed by atoms with Crippen LogP contribution in [0.25, 0.3) is 115 Å². The van der Waals surface area contributed by atoms with Gasteiger partial charge in [-0.25, -0.2) is 15.0 Å². The van der Waals surface area contributed by atoms with Gasteiger partial charge in [0, 0.05) is 53.7 Å². The molecule has 0 saturated carbocycles. The number of para-hydroxylation sites is 2. The number of fused-ring (bicyclic) bond motifs is 9. The van der Waals surface area contributed by atoms with Crippen molar-refractivity contribution in [1.29, 1.82) is 0 Å². The van der Waals surface area contributed by atoms with Crippen LogP contribution in [0.1, 0.15) is 0 Å². The Hall–Kier alpha value is -7.41. The highest BCUT2D eigenvalue weighted by Gasteiger charge is 2.19. The Kier molecular flexibility index (Phi) is 7.03. The average molecular weight is 747 g/mol. The Morgan fingerprint density at radius 1 is 0.404 bits per heavy atom. The summed E-state index contributed by atoms with van der Waals surface area (Å²) in [6.45, 7) is 0. The normalized spacial score (nSPS) is 11.9. The standard InChI is InChI=1S/C51H30N4OS/c1-3-13-31(14-4-1)49-52-50(32-15-5-2-6-16-32)54-51(53-49)34-26-28-44-40(29-34)47-35(19-12-24-45(47)56-44)33-25-27-38-39-20-11-23-43(48(39)57-46(38)30-33)55-41-21-9-7-17-36(41)37-18-8-10-22-42(37)55/h1-30H. The molecule has 6 heteroatoms. The van der Waals surface area contributed by atoms with Crippen LogP contribution in [0.5, 0.6) is 0 Å². The number of nitrogens with zero attached hydrogens (tertiary/aromatic N) is 4. The fraction of sp³-hybridized carbons (Fsp3) is 0. The second kappa shape index (κ2) is 12.6. The van der Waals surface area contributed by atoms with Crippen LogP contribution in [-0.2, 0) is 0 Å². The summed E-state index contributed by atoms with van der Waals surface area (Å²) in [6, 6.07) is 63.8. The van der Waals surface area contributed by atoms with E-state index in [1.807, 2.05) is 84.1 Å². The number of furan rings is 1. The van der Waals surface area contributed by atoms with E-state index in [2.05, 4.69) is 114 Å². The van der Waals surface area contributed by atoms with Crippen LogP contribution in [0.2, 0.25) is 0 Å². The molecule has 0 atom stereocenters. The number of hydrogen-bond donors (Lipinski definition) is 0. The molecule has 0 unspecified atom stereocenters. The lowest BCUT2D eigenvalue weighted by Crippen LogP contribution is -2.00. The number of hydrogen-bond acceptors (Lipinski definition) is 5. The predicted octanol–water partition coefficient (Wildman–Crippen LogP) is 13.9. The minimum atomic E-state index is 0.613. The van der Waals surface area contributed by atoms with Crippen LogP contribution in [0.15, 0.2) is 186 Å². The maximum absolute atomic E-state index is 6.50. The van der Waals surface area contributed by atoms with Crippen LogP contribution in [0.4, 0.5) is 0 Å². The molecule has 4 heterocycles. The van der Waals surface area contributed by atoms with Crippen molar-refractivity contribution in [2.45, 2.75) is 0 Å². The second-order valence-electron chi connectivity index (χ2n) is 14.4. The molecule has 0 amide bonds. The summed E-state index contributed by atoms with van der Waals surface area (Å²) in [7, 11) is 0. The van der Waals surface area contributed by atoms with E-state index in [4.69, 9.17) is 19.4 Å². The minimum Gasteiger partial charge on any atom is -0.456 e. The maximum atomic E-state index is 6.50. The third-order valence-electron chi connectivity index (χ3n) is 11.1. The van der Waals surface area contributed by atoms with Crippen molar-refractivity contribution >= 4 is 75.3 Å². The quantitative estimate of drug-likeness (QED) is 0.176. The van der Waals surface area contributed by atoms with E-state index < -0.39 is 0 Å². The molecule has 0 saturated heterocycles. The second-order valence-corrected chi connectivity index (χ2v) is 15.4. The number of rotatable bonds is 5. The zero-order chi connectivity index (χ0) is 37.5. The summed E-state index contributed by atoms with van der Waals surface area (Å²) in [5.41, 5.74) is 10.3. The zero-order valence-corrected chi connectivity index (χ0v) is 31.2. The van der Waals surface area contributed by atoms with Crippen LogP contribution < -0.4 is 0 Å². The molecule has 266 valence electrons. The van der Waals surface area contributed by atoms with Gasteiger partial charge >= 0.3 is 0 Å². The monoisotopic (exact) mass is 746 g/mol. The molecule has 12 rings (SSSR count). The van der Waals surface area contributed by atoms with Crippen LogP contribution in [-0.4, -0.2) is 19.5 Å². The van der Waals surface area contributed by atoms with Crippen LogP contribution in [0, 0.1) is 0 Å². The van der Waals surface area contributed by atoms with E-state index >= 15 is 0 Å². The van der Waals surface area contributed by atoms with Gasteiger partial charge in [0.1, 0.15) is 11.2 Å². The van der Waals surface area contributed by atoms with E-state index in [1.54, 1.807) is 0 Å². The fourth-order valence-corrected chi connectivity index (χ4v) is 9.70. The molecule has 8 aromatic carbocycles. The smallest absolute Gasteiger partial charge is 0.164 e. The molecule has 0 bridgehead atoms. The van der Waals surface area contributed by atoms with Crippen molar-refractivity contribution in [2.24, 2.45) is 0 Å². The SMILES string of the molecule is c1ccc(-c2nc(-c3ccccc3)nc(-c3ccc4oc5cccc(-c6ccc7c(c6)sc6c(-n8c9ccccc9c9ccccc98)cccc67)c5c4c3)n2)cc1. The molecule has 0 aliphatic carbocycles. The van der Waals surface area contributed by atoms with Gasteiger partial charge in [-0.05, 0) is 59.7 Å². The van der Waals surface area contributed by atoms with Gasteiger partial charge in [0.05, 0.1) is 21.4 Å². The third-order valence-corrected chi connectivity index (χ3v) is 12.3. The first kappa shape index (κ1) is 31.9. The van der Waals surface area contributed by atoms with E-state index in [0.29, 0.717) is 17.5 Å². The first-order chi connectivity index (χ1) is 28.2. The lowest BCUT2D eigenvalue weighted by molar-refractivity contribution is 0.669. The first-order valence-electron chi connectivity index (χ1n) is 19.0. The summed E-state index contributed by atoms with van der Waals surface area (Å²) in [6.07, 6.45) is 0. The predicted molar refractivity (Wildman–Crippen MR) is 236 cm³/mol. The maximum Gasteiger partial charge on any atom is 0.164 e. The van der Waals surface area contributed by atoms with Gasteiger partial charge in [0.25, 0.3) is 0 Å².